The van der Waals surface area contributed by atoms with E-state index in [4.69, 9.17) is 20.8 Å². The van der Waals surface area contributed by atoms with Crippen molar-refractivity contribution in [3.63, 3.8) is 0 Å². The first kappa shape index (κ1) is 37.2. The number of carboxylic acid groups (broad SMARTS) is 1. The Balaban J connectivity index is 1.15. The fraction of sp³-hybridized carbons (Fsp3) is 0.707. The number of halogens is 1. The number of aliphatic hydroxyl groups excluding tert-OH is 1. The van der Waals surface area contributed by atoms with Crippen molar-refractivity contribution in [3.8, 4) is 11.6 Å². The molecule has 4 fully saturated rings. The number of aliphatic carboxylic acids is 1. The molecule has 0 amide bonds. The molecule has 2 heterocycles. The number of ether oxygens (including phenoxy) is 1. The van der Waals surface area contributed by atoms with Crippen LogP contribution in [0.4, 0.5) is 0 Å². The maximum Gasteiger partial charge on any atom is 0.309 e. The molecule has 52 heavy (non-hydrogen) atoms. The van der Waals surface area contributed by atoms with Crippen LogP contribution in [0.3, 0.4) is 0 Å². The lowest BCUT2D eigenvalue weighted by Gasteiger charge is -2.67. The molecule has 0 radical (unpaired) electrons. The first-order valence-corrected chi connectivity index (χ1v) is 19.6. The van der Waals surface area contributed by atoms with E-state index in [1.807, 2.05) is 0 Å². The SMILES string of the molecule is CC(C)C1=C2C3CC[C@H]4C(C)(CC[C@H]5C(C)C(OC(=O)CC(C)(C)C(=O)O)CCC54C)C3CCC2(C(O)c2nnc(-c3ccc(Cl)cn3)o2)CC1=O. The number of carbonyl (C=O) groups is 3. The monoisotopic (exact) mass is 735 g/mol. The number of hydrogen-bond donors (Lipinski definition) is 2. The fourth-order valence-corrected chi connectivity index (χ4v) is 12.4. The van der Waals surface area contributed by atoms with Gasteiger partial charge in [-0.1, -0.05) is 51.8 Å². The molecule has 10 nitrogen and oxygen atoms in total. The van der Waals surface area contributed by atoms with Crippen molar-refractivity contribution in [2.75, 3.05) is 0 Å². The molecule has 282 valence electrons. The van der Waals surface area contributed by atoms with Gasteiger partial charge in [-0.15, -0.1) is 10.2 Å². The van der Waals surface area contributed by atoms with E-state index in [2.05, 4.69) is 49.8 Å². The minimum absolute atomic E-state index is 0.0329. The van der Waals surface area contributed by atoms with Crippen LogP contribution in [0.1, 0.15) is 125 Å². The Labute approximate surface area is 311 Å². The van der Waals surface area contributed by atoms with E-state index in [0.717, 1.165) is 56.1 Å². The van der Waals surface area contributed by atoms with Crippen molar-refractivity contribution >= 4 is 29.3 Å². The van der Waals surface area contributed by atoms with Gasteiger partial charge in [0.2, 0.25) is 5.89 Å². The maximum atomic E-state index is 14.0. The van der Waals surface area contributed by atoms with Gasteiger partial charge in [0.1, 0.15) is 17.9 Å². The molecule has 0 saturated heterocycles. The molecule has 0 aromatic carbocycles. The van der Waals surface area contributed by atoms with Gasteiger partial charge in [-0.05, 0) is 129 Å². The number of carbonyl (C=O) groups excluding carboxylic acids is 2. The Morgan fingerprint density at radius 3 is 2.40 bits per heavy atom. The number of esters is 1. The third-order valence-electron chi connectivity index (χ3n) is 14.8. The molecule has 4 saturated carbocycles. The van der Waals surface area contributed by atoms with Crippen molar-refractivity contribution < 1.29 is 33.8 Å². The Morgan fingerprint density at radius 1 is 1.04 bits per heavy atom. The molecule has 0 aliphatic heterocycles. The first-order chi connectivity index (χ1) is 24.4. The summed E-state index contributed by atoms with van der Waals surface area (Å²) in [4.78, 5) is 42.9. The summed E-state index contributed by atoms with van der Waals surface area (Å²) in [6.45, 7) is 14.5. The third kappa shape index (κ3) is 5.76. The van der Waals surface area contributed by atoms with Gasteiger partial charge in [0.05, 0.1) is 16.9 Å². The number of rotatable bonds is 8. The highest BCUT2D eigenvalue weighted by molar-refractivity contribution is 6.30. The number of pyridine rings is 1. The molecule has 2 aromatic heterocycles. The van der Waals surface area contributed by atoms with Gasteiger partial charge in [-0.25, -0.2) is 4.98 Å². The summed E-state index contributed by atoms with van der Waals surface area (Å²) in [5.41, 5.74) is 0.671. The molecule has 10 atom stereocenters. The minimum Gasteiger partial charge on any atom is -0.481 e. The third-order valence-corrected chi connectivity index (χ3v) is 15.0. The molecule has 5 aliphatic rings. The normalized spacial score (nSPS) is 36.5. The van der Waals surface area contributed by atoms with Gasteiger partial charge in [-0.3, -0.25) is 14.4 Å². The lowest BCUT2D eigenvalue weighted by Crippen LogP contribution is -2.60. The van der Waals surface area contributed by atoms with Crippen LogP contribution in [-0.4, -0.2) is 49.2 Å². The van der Waals surface area contributed by atoms with Crippen LogP contribution in [0.15, 0.2) is 33.9 Å². The zero-order valence-corrected chi connectivity index (χ0v) is 32.3. The molecule has 0 spiro atoms. The number of nitrogens with zero attached hydrogens (tertiary/aromatic N) is 3. The van der Waals surface area contributed by atoms with Crippen LogP contribution in [0.5, 0.6) is 0 Å². The molecular formula is C41H54ClN3O7. The number of hydrogen-bond acceptors (Lipinski definition) is 9. The summed E-state index contributed by atoms with van der Waals surface area (Å²) in [6.07, 6.45) is 7.71. The molecule has 11 heteroatoms. The molecule has 2 aromatic rings. The highest BCUT2D eigenvalue weighted by Crippen LogP contribution is 2.72. The number of fused-ring (bicyclic) bond motifs is 7. The summed E-state index contributed by atoms with van der Waals surface area (Å²) < 4.78 is 12.1. The van der Waals surface area contributed by atoms with Gasteiger partial charge in [0.15, 0.2) is 5.78 Å². The Kier molecular flexibility index (Phi) is 9.33. The number of Topliss-reactive ketones (excluding diaryl/α,β-unsaturated/α-hetero) is 1. The average Bonchev–Trinajstić information content (AvgIpc) is 3.69. The second-order valence-electron chi connectivity index (χ2n) is 18.3. The summed E-state index contributed by atoms with van der Waals surface area (Å²) in [5, 5.41) is 30.8. The zero-order valence-electron chi connectivity index (χ0n) is 31.6. The van der Waals surface area contributed by atoms with E-state index in [1.54, 1.807) is 26.0 Å². The maximum absolute atomic E-state index is 14.0. The number of aliphatic hydroxyl groups is 1. The van der Waals surface area contributed by atoms with Gasteiger partial charge in [0.25, 0.3) is 5.89 Å². The number of allylic oxidation sites excluding steroid dienone is 1. The van der Waals surface area contributed by atoms with E-state index >= 15 is 0 Å². The first-order valence-electron chi connectivity index (χ1n) is 19.3. The highest BCUT2D eigenvalue weighted by atomic mass is 35.5. The quantitative estimate of drug-likeness (QED) is 0.253. The van der Waals surface area contributed by atoms with Crippen molar-refractivity contribution in [1.29, 1.82) is 0 Å². The van der Waals surface area contributed by atoms with Crippen LogP contribution >= 0.6 is 11.6 Å². The smallest absolute Gasteiger partial charge is 0.309 e. The molecule has 5 aliphatic carbocycles. The lowest BCUT2D eigenvalue weighted by atomic mass is 9.38. The molecule has 0 bridgehead atoms. The van der Waals surface area contributed by atoms with E-state index < -0.39 is 28.9 Å². The number of aromatic nitrogens is 3. The van der Waals surface area contributed by atoms with Crippen LogP contribution in [0, 0.1) is 57.2 Å². The molecule has 7 rings (SSSR count). The van der Waals surface area contributed by atoms with Crippen LogP contribution in [-0.2, 0) is 19.1 Å². The molecular weight excluding hydrogens is 682 g/mol. The topological polar surface area (TPSA) is 153 Å². The van der Waals surface area contributed by atoms with E-state index in [0.29, 0.717) is 34.9 Å². The van der Waals surface area contributed by atoms with Crippen molar-refractivity contribution in [1.82, 2.24) is 15.2 Å². The summed E-state index contributed by atoms with van der Waals surface area (Å²) in [7, 11) is 0. The second-order valence-corrected chi connectivity index (χ2v) is 18.7. The van der Waals surface area contributed by atoms with E-state index in [9.17, 15) is 24.6 Å². The summed E-state index contributed by atoms with van der Waals surface area (Å²) in [5.74, 6) is 0.657. The van der Waals surface area contributed by atoms with Crippen molar-refractivity contribution in [2.24, 2.45) is 57.2 Å². The number of ketones is 1. The summed E-state index contributed by atoms with van der Waals surface area (Å²) in [6, 6.07) is 3.40. The van der Waals surface area contributed by atoms with E-state index in [1.165, 1.54) is 6.20 Å². The van der Waals surface area contributed by atoms with Crippen LogP contribution in [0.2, 0.25) is 5.02 Å². The second kappa shape index (κ2) is 13.0. The lowest BCUT2D eigenvalue weighted by molar-refractivity contribution is -0.193. The predicted octanol–water partition coefficient (Wildman–Crippen LogP) is 8.43. The summed E-state index contributed by atoms with van der Waals surface area (Å²) >= 11 is 6.04. The highest BCUT2D eigenvalue weighted by Gasteiger charge is 2.66. The Morgan fingerprint density at radius 2 is 1.73 bits per heavy atom. The van der Waals surface area contributed by atoms with Gasteiger partial charge in [-0.2, -0.15) is 0 Å². The van der Waals surface area contributed by atoms with Gasteiger partial charge >= 0.3 is 11.9 Å². The predicted molar refractivity (Wildman–Crippen MR) is 194 cm³/mol. The van der Waals surface area contributed by atoms with Crippen LogP contribution in [0.25, 0.3) is 11.6 Å². The van der Waals surface area contributed by atoms with Gasteiger partial charge < -0.3 is 19.4 Å². The van der Waals surface area contributed by atoms with E-state index in [-0.39, 0.29) is 65.1 Å². The largest absolute Gasteiger partial charge is 0.481 e. The number of carboxylic acids is 1. The Hall–Kier alpha value is -3.11. The Bertz CT molecular complexity index is 1790. The van der Waals surface area contributed by atoms with Crippen molar-refractivity contribution in [3.05, 3.63) is 40.4 Å². The van der Waals surface area contributed by atoms with Gasteiger partial charge in [0, 0.05) is 18.0 Å². The molecule has 8 unspecified atom stereocenters. The molecule has 2 N–H and O–H groups in total. The minimum atomic E-state index is -1.17. The van der Waals surface area contributed by atoms with Crippen LogP contribution < -0.4 is 0 Å². The average molecular weight is 736 g/mol. The van der Waals surface area contributed by atoms with Crippen molar-refractivity contribution in [2.45, 2.75) is 125 Å². The fourth-order valence-electron chi connectivity index (χ4n) is 12.3. The standard InChI is InChI=1S/C41H54ClN3O7/c1-21(2)32-28(46)18-41(34(48)36-45-44-35(52-36)27-10-8-23(42)20-43-27)17-13-26-24(33(32)41)9-11-30-39(6)16-14-29(22(3)25(39)12-15-40(26,30)7)51-31(47)19-38(4,5)37(49)50/h8,10,20-22,24-26,29-30,34,48H,9,11-19H2,1-7H3,(H,49,50)/t22?,24?,25-,26?,29?,30+,34?,39?,40?,41?/m0/s1. The zero-order chi connectivity index (χ0) is 37.5.